The first-order valence-electron chi connectivity index (χ1n) is 5.87. The minimum Gasteiger partial charge on any atom is -0.332 e. The van der Waals surface area contributed by atoms with E-state index in [1.807, 2.05) is 59.3 Å². The average molecular weight is 287 g/mol. The quantitative estimate of drug-likeness (QED) is 0.662. The molecule has 3 rings (SSSR count). The Balaban J connectivity index is 1.90. The summed E-state index contributed by atoms with van der Waals surface area (Å²) in [5, 5.41) is 5.72. The van der Waals surface area contributed by atoms with Crippen molar-refractivity contribution in [1.82, 2.24) is 4.57 Å². The van der Waals surface area contributed by atoms with Crippen molar-refractivity contribution in [2.24, 2.45) is 0 Å². The highest BCUT2D eigenvalue weighted by Crippen LogP contribution is 2.17. The van der Waals surface area contributed by atoms with Gasteiger partial charge in [0.2, 0.25) is 0 Å². The Hall–Kier alpha value is -1.84. The van der Waals surface area contributed by atoms with Crippen LogP contribution in [0.25, 0.3) is 10.9 Å². The Morgan fingerprint density at radius 3 is 2.53 bits per heavy atom. The van der Waals surface area contributed by atoms with Crippen molar-refractivity contribution in [3.63, 3.8) is 0 Å². The number of nitrogens with one attached hydrogen (secondary N) is 1. The predicted molar refractivity (Wildman–Crippen MR) is 85.0 cm³/mol. The minimum absolute atomic E-state index is 0.642. The van der Waals surface area contributed by atoms with Gasteiger partial charge in [0.25, 0.3) is 0 Å². The standard InChI is InChI=1S/C15H11ClN2S/c16-12-5-7-13(8-6-12)17-15(19)18-10-9-11-3-1-2-4-14(11)18/h1-10H,(H,17,19). The molecule has 1 heterocycles. The highest BCUT2D eigenvalue weighted by Gasteiger charge is 2.05. The number of halogens is 1. The van der Waals surface area contributed by atoms with Crippen molar-refractivity contribution in [3.8, 4) is 0 Å². The molecule has 2 nitrogen and oxygen atoms in total. The van der Waals surface area contributed by atoms with Gasteiger partial charge in [0.15, 0.2) is 5.11 Å². The summed E-state index contributed by atoms with van der Waals surface area (Å²) in [5.41, 5.74) is 2.01. The van der Waals surface area contributed by atoms with Crippen LogP contribution in [0.1, 0.15) is 0 Å². The number of rotatable bonds is 1. The highest BCUT2D eigenvalue weighted by molar-refractivity contribution is 7.80. The van der Waals surface area contributed by atoms with Crippen LogP contribution in [0, 0.1) is 0 Å². The van der Waals surface area contributed by atoms with E-state index in [2.05, 4.69) is 11.4 Å². The Labute approximate surface area is 121 Å². The fraction of sp³-hybridized carbons (Fsp3) is 0. The molecule has 0 saturated heterocycles. The van der Waals surface area contributed by atoms with E-state index in [-0.39, 0.29) is 0 Å². The predicted octanol–water partition coefficient (Wildman–Crippen LogP) is 4.54. The summed E-state index contributed by atoms with van der Waals surface area (Å²) in [6.07, 6.45) is 1.97. The largest absolute Gasteiger partial charge is 0.332 e. The molecule has 94 valence electrons. The fourth-order valence-electron chi connectivity index (χ4n) is 1.98. The maximum Gasteiger partial charge on any atom is 0.182 e. The van der Waals surface area contributed by atoms with Gasteiger partial charge >= 0.3 is 0 Å². The third-order valence-corrected chi connectivity index (χ3v) is 3.46. The maximum atomic E-state index is 5.86. The molecule has 19 heavy (non-hydrogen) atoms. The summed E-state index contributed by atoms with van der Waals surface area (Å²) >= 11 is 11.3. The Bertz CT molecular complexity index is 731. The van der Waals surface area contributed by atoms with Crippen molar-refractivity contribution in [1.29, 1.82) is 0 Å². The van der Waals surface area contributed by atoms with Gasteiger partial charge in [-0.25, -0.2) is 0 Å². The van der Waals surface area contributed by atoms with Gasteiger partial charge in [-0.2, -0.15) is 0 Å². The highest BCUT2D eigenvalue weighted by atomic mass is 35.5. The van der Waals surface area contributed by atoms with E-state index in [9.17, 15) is 0 Å². The third kappa shape index (κ3) is 2.48. The molecule has 2 aromatic carbocycles. The number of para-hydroxylation sites is 1. The fourth-order valence-corrected chi connectivity index (χ4v) is 2.38. The van der Waals surface area contributed by atoms with Crippen molar-refractivity contribution in [2.75, 3.05) is 5.32 Å². The molecule has 1 N–H and O–H groups in total. The number of nitrogens with zero attached hydrogens (tertiary/aromatic N) is 1. The molecule has 0 bridgehead atoms. The number of anilines is 1. The Morgan fingerprint density at radius 1 is 1.00 bits per heavy atom. The van der Waals surface area contributed by atoms with Crippen LogP contribution in [0.5, 0.6) is 0 Å². The second kappa shape index (κ2) is 5.03. The molecular formula is C15H11ClN2S. The van der Waals surface area contributed by atoms with Gasteiger partial charge < -0.3 is 5.32 Å². The number of thiocarbonyl (C=S) groups is 1. The van der Waals surface area contributed by atoms with Crippen molar-refractivity contribution in [2.45, 2.75) is 0 Å². The average Bonchev–Trinajstić information content (AvgIpc) is 2.85. The van der Waals surface area contributed by atoms with Gasteiger partial charge in [-0.05, 0) is 48.6 Å². The molecule has 0 atom stereocenters. The Kier molecular flexibility index (Phi) is 3.23. The normalized spacial score (nSPS) is 10.6. The molecule has 0 amide bonds. The van der Waals surface area contributed by atoms with E-state index >= 15 is 0 Å². The van der Waals surface area contributed by atoms with Gasteiger partial charge in [0.1, 0.15) is 0 Å². The van der Waals surface area contributed by atoms with E-state index in [0.29, 0.717) is 10.1 Å². The summed E-state index contributed by atoms with van der Waals surface area (Å²) < 4.78 is 1.96. The van der Waals surface area contributed by atoms with Crippen LogP contribution in [0.2, 0.25) is 5.02 Å². The summed E-state index contributed by atoms with van der Waals surface area (Å²) in [6.45, 7) is 0. The molecule has 1 aromatic heterocycles. The number of hydrogen-bond acceptors (Lipinski definition) is 1. The van der Waals surface area contributed by atoms with Crippen molar-refractivity contribution < 1.29 is 0 Å². The molecule has 0 aliphatic carbocycles. The van der Waals surface area contributed by atoms with Gasteiger partial charge in [0, 0.05) is 22.3 Å². The topological polar surface area (TPSA) is 17.0 Å². The number of aromatic nitrogens is 1. The van der Waals surface area contributed by atoms with Gasteiger partial charge in [-0.15, -0.1) is 0 Å². The molecule has 0 spiro atoms. The second-order valence-corrected chi connectivity index (χ2v) is 5.00. The number of hydrogen-bond donors (Lipinski definition) is 1. The molecular weight excluding hydrogens is 276 g/mol. The van der Waals surface area contributed by atoms with E-state index in [1.54, 1.807) is 0 Å². The van der Waals surface area contributed by atoms with Crippen molar-refractivity contribution >= 4 is 45.5 Å². The summed E-state index contributed by atoms with van der Waals surface area (Å²) in [6, 6.07) is 17.7. The molecule has 0 aliphatic rings. The number of fused-ring (bicyclic) bond motifs is 1. The first-order chi connectivity index (χ1) is 9.24. The van der Waals surface area contributed by atoms with Gasteiger partial charge in [-0.1, -0.05) is 29.8 Å². The lowest BCUT2D eigenvalue weighted by Crippen LogP contribution is -2.17. The molecule has 0 fully saturated rings. The Morgan fingerprint density at radius 2 is 1.74 bits per heavy atom. The molecule has 0 aliphatic heterocycles. The maximum absolute atomic E-state index is 5.86. The lowest BCUT2D eigenvalue weighted by atomic mass is 10.2. The zero-order chi connectivity index (χ0) is 13.2. The summed E-state index contributed by atoms with van der Waals surface area (Å²) in [5.74, 6) is 0. The second-order valence-electron chi connectivity index (χ2n) is 4.18. The van der Waals surface area contributed by atoms with E-state index in [1.165, 1.54) is 5.39 Å². The van der Waals surface area contributed by atoms with Gasteiger partial charge in [0.05, 0.1) is 5.52 Å². The van der Waals surface area contributed by atoms with E-state index in [4.69, 9.17) is 23.8 Å². The van der Waals surface area contributed by atoms with Crippen LogP contribution in [0.15, 0.2) is 60.8 Å². The zero-order valence-electron chi connectivity index (χ0n) is 10.0. The SMILES string of the molecule is S=C(Nc1ccc(Cl)cc1)n1ccc2ccccc21. The van der Waals surface area contributed by atoms with Crippen LogP contribution in [-0.2, 0) is 0 Å². The molecule has 0 unspecified atom stereocenters. The van der Waals surface area contributed by atoms with Crippen LogP contribution < -0.4 is 5.32 Å². The van der Waals surface area contributed by atoms with Gasteiger partial charge in [-0.3, -0.25) is 4.57 Å². The zero-order valence-corrected chi connectivity index (χ0v) is 11.6. The van der Waals surface area contributed by atoms with Crippen LogP contribution in [0.3, 0.4) is 0 Å². The smallest absolute Gasteiger partial charge is 0.182 e. The lowest BCUT2D eigenvalue weighted by molar-refractivity contribution is 1.24. The first-order valence-corrected chi connectivity index (χ1v) is 6.66. The van der Waals surface area contributed by atoms with Crippen LogP contribution in [0.4, 0.5) is 5.69 Å². The summed E-state index contributed by atoms with van der Waals surface area (Å²) in [7, 11) is 0. The van der Waals surface area contributed by atoms with E-state index < -0.39 is 0 Å². The van der Waals surface area contributed by atoms with Crippen LogP contribution >= 0.6 is 23.8 Å². The first kappa shape index (κ1) is 12.2. The summed E-state index contributed by atoms with van der Waals surface area (Å²) in [4.78, 5) is 0. The molecule has 4 heteroatoms. The van der Waals surface area contributed by atoms with Crippen LogP contribution in [-0.4, -0.2) is 9.68 Å². The molecule has 0 radical (unpaired) electrons. The number of benzene rings is 2. The lowest BCUT2D eigenvalue weighted by Gasteiger charge is -2.10. The minimum atomic E-state index is 0.642. The van der Waals surface area contributed by atoms with Crippen molar-refractivity contribution in [3.05, 3.63) is 65.8 Å². The molecule has 3 aromatic rings. The van der Waals surface area contributed by atoms with E-state index in [0.717, 1.165) is 11.2 Å². The third-order valence-electron chi connectivity index (χ3n) is 2.91. The monoisotopic (exact) mass is 286 g/mol. The molecule has 0 saturated carbocycles.